The number of hydrogen-bond donors (Lipinski definition) is 1. The Kier molecular flexibility index (Phi) is 4.11. The lowest BCUT2D eigenvalue weighted by Gasteiger charge is -2.22. The highest BCUT2D eigenvalue weighted by Crippen LogP contribution is 2.17. The number of carbonyl (C=O) groups excluding carboxylic acids is 1. The Morgan fingerprint density at radius 3 is 2.67 bits per heavy atom. The smallest absolute Gasteiger partial charge is 0.323 e. The van der Waals surface area contributed by atoms with Crippen molar-refractivity contribution in [2.75, 3.05) is 20.3 Å². The molecule has 0 aliphatic carbocycles. The number of methoxy groups -OCH3 is 1. The van der Waals surface area contributed by atoms with Crippen molar-refractivity contribution in [2.24, 2.45) is 5.92 Å². The molecule has 1 fully saturated rings. The van der Waals surface area contributed by atoms with Gasteiger partial charge in [-0.15, -0.1) is 0 Å². The van der Waals surface area contributed by atoms with Crippen LogP contribution in [-0.2, 0) is 14.3 Å². The summed E-state index contributed by atoms with van der Waals surface area (Å²) in [6.07, 6.45) is 0.808. The second-order valence-electron chi connectivity index (χ2n) is 5.05. The van der Waals surface area contributed by atoms with Gasteiger partial charge in [-0.25, -0.2) is 0 Å². The number of esters is 1. The lowest BCUT2D eigenvalue weighted by Crippen LogP contribution is -2.37. The fourth-order valence-electron chi connectivity index (χ4n) is 1.72. The van der Waals surface area contributed by atoms with Gasteiger partial charge < -0.3 is 14.8 Å². The first kappa shape index (κ1) is 12.5. The second-order valence-corrected chi connectivity index (χ2v) is 5.05. The van der Waals surface area contributed by atoms with Gasteiger partial charge in [-0.3, -0.25) is 4.79 Å². The standard InChI is InChI=1S/C11H21NO3/c1-11(2,3)15-10(13)9-5-8(6-12-9)7-14-4/h8-9,12H,5-7H2,1-4H3. The summed E-state index contributed by atoms with van der Waals surface area (Å²) in [5.41, 5.74) is -0.405. The molecular weight excluding hydrogens is 194 g/mol. The first-order valence-electron chi connectivity index (χ1n) is 5.37. The minimum atomic E-state index is -0.405. The number of carbonyl (C=O) groups is 1. The first-order valence-corrected chi connectivity index (χ1v) is 5.37. The van der Waals surface area contributed by atoms with Crippen LogP contribution >= 0.6 is 0 Å². The summed E-state index contributed by atoms with van der Waals surface area (Å²) in [6, 6.07) is -0.163. The molecular formula is C11H21NO3. The third kappa shape index (κ3) is 4.18. The van der Waals surface area contributed by atoms with E-state index < -0.39 is 5.60 Å². The molecule has 1 saturated heterocycles. The molecule has 0 amide bonds. The Balaban J connectivity index is 2.37. The Hall–Kier alpha value is -0.610. The maximum absolute atomic E-state index is 11.7. The molecule has 0 aromatic heterocycles. The van der Waals surface area contributed by atoms with E-state index in [9.17, 15) is 4.79 Å². The largest absolute Gasteiger partial charge is 0.459 e. The maximum atomic E-state index is 11.7. The van der Waals surface area contributed by atoms with Crippen molar-refractivity contribution >= 4 is 5.97 Å². The Morgan fingerprint density at radius 2 is 2.13 bits per heavy atom. The van der Waals surface area contributed by atoms with E-state index in [1.54, 1.807) is 7.11 Å². The van der Waals surface area contributed by atoms with Gasteiger partial charge in [-0.1, -0.05) is 0 Å². The van der Waals surface area contributed by atoms with Crippen LogP contribution in [-0.4, -0.2) is 37.9 Å². The van der Waals surface area contributed by atoms with Gasteiger partial charge in [0.2, 0.25) is 0 Å². The van der Waals surface area contributed by atoms with E-state index in [0.717, 1.165) is 13.0 Å². The summed E-state index contributed by atoms with van der Waals surface area (Å²) in [6.45, 7) is 7.18. The molecule has 0 spiro atoms. The lowest BCUT2D eigenvalue weighted by molar-refractivity contribution is -0.157. The summed E-state index contributed by atoms with van der Waals surface area (Å²) < 4.78 is 10.4. The molecule has 15 heavy (non-hydrogen) atoms. The van der Waals surface area contributed by atoms with Crippen LogP contribution in [0.2, 0.25) is 0 Å². The molecule has 2 unspecified atom stereocenters. The highest BCUT2D eigenvalue weighted by atomic mass is 16.6. The van der Waals surface area contributed by atoms with Gasteiger partial charge in [-0.05, 0) is 33.1 Å². The number of ether oxygens (including phenoxy) is 2. The van der Waals surface area contributed by atoms with Gasteiger partial charge in [0.1, 0.15) is 11.6 Å². The van der Waals surface area contributed by atoms with Crippen LogP contribution in [0.3, 0.4) is 0 Å². The van der Waals surface area contributed by atoms with E-state index in [-0.39, 0.29) is 12.0 Å². The van der Waals surface area contributed by atoms with Crippen molar-refractivity contribution in [3.8, 4) is 0 Å². The van der Waals surface area contributed by atoms with Gasteiger partial charge in [-0.2, -0.15) is 0 Å². The number of nitrogens with one attached hydrogen (secondary N) is 1. The average molecular weight is 215 g/mol. The van der Waals surface area contributed by atoms with Gasteiger partial charge in [0, 0.05) is 13.7 Å². The lowest BCUT2D eigenvalue weighted by atomic mass is 10.1. The van der Waals surface area contributed by atoms with Crippen LogP contribution in [0.4, 0.5) is 0 Å². The molecule has 0 bridgehead atoms. The molecule has 2 atom stereocenters. The SMILES string of the molecule is COCC1CNC(C(=O)OC(C)(C)C)C1. The normalized spacial score (nSPS) is 26.7. The van der Waals surface area contributed by atoms with Crippen LogP contribution in [0.5, 0.6) is 0 Å². The molecule has 4 heteroatoms. The number of hydrogen-bond acceptors (Lipinski definition) is 4. The molecule has 4 nitrogen and oxygen atoms in total. The molecule has 1 rings (SSSR count). The van der Waals surface area contributed by atoms with Gasteiger partial charge in [0.15, 0.2) is 0 Å². The van der Waals surface area contributed by atoms with Gasteiger partial charge in [0.25, 0.3) is 0 Å². The highest BCUT2D eigenvalue weighted by molar-refractivity contribution is 5.76. The minimum absolute atomic E-state index is 0.152. The predicted octanol–water partition coefficient (Wildman–Crippen LogP) is 0.953. The Labute approximate surface area is 91.3 Å². The maximum Gasteiger partial charge on any atom is 0.323 e. The molecule has 1 N–H and O–H groups in total. The Bertz CT molecular complexity index is 222. The second kappa shape index (κ2) is 4.94. The summed E-state index contributed by atoms with van der Waals surface area (Å²) in [5.74, 6) is 0.272. The first-order chi connectivity index (χ1) is 6.92. The molecule has 0 aromatic carbocycles. The van der Waals surface area contributed by atoms with Crippen LogP contribution in [0.25, 0.3) is 0 Å². The van der Waals surface area contributed by atoms with Gasteiger partial charge >= 0.3 is 5.97 Å². The van der Waals surface area contributed by atoms with Crippen molar-refractivity contribution in [3.63, 3.8) is 0 Å². The predicted molar refractivity (Wildman–Crippen MR) is 57.6 cm³/mol. The third-order valence-corrected chi connectivity index (χ3v) is 2.32. The van der Waals surface area contributed by atoms with E-state index in [2.05, 4.69) is 5.32 Å². The average Bonchev–Trinajstić information content (AvgIpc) is 2.50. The molecule has 1 aliphatic rings. The van der Waals surface area contributed by atoms with Crippen molar-refractivity contribution in [3.05, 3.63) is 0 Å². The molecule has 88 valence electrons. The quantitative estimate of drug-likeness (QED) is 0.712. The fraction of sp³-hybridized carbons (Fsp3) is 0.909. The monoisotopic (exact) mass is 215 g/mol. The van der Waals surface area contributed by atoms with Crippen LogP contribution in [0.1, 0.15) is 27.2 Å². The van der Waals surface area contributed by atoms with Crippen LogP contribution < -0.4 is 5.32 Å². The van der Waals surface area contributed by atoms with Crippen molar-refractivity contribution in [2.45, 2.75) is 38.8 Å². The van der Waals surface area contributed by atoms with Crippen molar-refractivity contribution < 1.29 is 14.3 Å². The summed E-state index contributed by atoms with van der Waals surface area (Å²) in [4.78, 5) is 11.7. The van der Waals surface area contributed by atoms with Crippen LogP contribution in [0, 0.1) is 5.92 Å². The fourth-order valence-corrected chi connectivity index (χ4v) is 1.72. The van der Waals surface area contributed by atoms with E-state index in [4.69, 9.17) is 9.47 Å². The molecule has 0 radical (unpaired) electrons. The summed E-state index contributed by atoms with van der Waals surface area (Å²) >= 11 is 0. The third-order valence-electron chi connectivity index (χ3n) is 2.32. The van der Waals surface area contributed by atoms with Crippen molar-refractivity contribution in [1.82, 2.24) is 5.32 Å². The summed E-state index contributed by atoms with van der Waals surface area (Å²) in [5, 5.41) is 3.16. The highest BCUT2D eigenvalue weighted by Gasteiger charge is 2.32. The van der Waals surface area contributed by atoms with E-state index in [0.29, 0.717) is 12.5 Å². The van der Waals surface area contributed by atoms with E-state index in [1.165, 1.54) is 0 Å². The number of rotatable bonds is 3. The molecule has 1 heterocycles. The zero-order chi connectivity index (χ0) is 11.5. The Morgan fingerprint density at radius 1 is 1.47 bits per heavy atom. The molecule has 0 saturated carbocycles. The van der Waals surface area contributed by atoms with E-state index in [1.807, 2.05) is 20.8 Å². The van der Waals surface area contributed by atoms with E-state index >= 15 is 0 Å². The van der Waals surface area contributed by atoms with Crippen LogP contribution in [0.15, 0.2) is 0 Å². The van der Waals surface area contributed by atoms with Crippen molar-refractivity contribution in [1.29, 1.82) is 0 Å². The zero-order valence-corrected chi connectivity index (χ0v) is 10.0. The molecule has 0 aromatic rings. The zero-order valence-electron chi connectivity index (χ0n) is 10.0. The molecule has 1 aliphatic heterocycles. The summed E-state index contributed by atoms with van der Waals surface area (Å²) in [7, 11) is 1.68. The minimum Gasteiger partial charge on any atom is -0.459 e. The van der Waals surface area contributed by atoms with Gasteiger partial charge in [0.05, 0.1) is 6.61 Å². The topological polar surface area (TPSA) is 47.6 Å².